The third-order valence-corrected chi connectivity index (χ3v) is 3.56. The number of hydrogen-bond donors (Lipinski definition) is 0. The fourth-order valence-electron chi connectivity index (χ4n) is 2.44. The largest absolute Gasteiger partial charge is 0.207 e. The summed E-state index contributed by atoms with van der Waals surface area (Å²) >= 11 is 0. The number of rotatable bonds is 2. The van der Waals surface area contributed by atoms with E-state index >= 15 is 0 Å². The van der Waals surface area contributed by atoms with E-state index in [1.165, 1.54) is 17.7 Å². The Hall–Kier alpha value is -2.22. The summed E-state index contributed by atoms with van der Waals surface area (Å²) in [6.45, 7) is 2.07. The van der Waals surface area contributed by atoms with Crippen LogP contribution in [0, 0.1) is 11.6 Å². The zero-order chi connectivity index (χ0) is 14.1. The van der Waals surface area contributed by atoms with Gasteiger partial charge >= 0.3 is 0 Å². The zero-order valence-corrected chi connectivity index (χ0v) is 11.2. The average Bonchev–Trinajstić information content (AvgIpc) is 2.47. The maximum absolute atomic E-state index is 14.6. The van der Waals surface area contributed by atoms with Crippen molar-refractivity contribution in [1.82, 2.24) is 0 Å². The van der Waals surface area contributed by atoms with Crippen LogP contribution < -0.4 is 0 Å². The second kappa shape index (κ2) is 5.04. The van der Waals surface area contributed by atoms with Gasteiger partial charge in [0.2, 0.25) is 0 Å². The molecule has 0 N–H and O–H groups in total. The molecule has 0 saturated heterocycles. The topological polar surface area (TPSA) is 0 Å². The van der Waals surface area contributed by atoms with E-state index in [-0.39, 0.29) is 11.6 Å². The van der Waals surface area contributed by atoms with Crippen LogP contribution in [-0.2, 0) is 6.42 Å². The van der Waals surface area contributed by atoms with E-state index in [1.807, 2.05) is 18.2 Å². The van der Waals surface area contributed by atoms with Gasteiger partial charge in [-0.3, -0.25) is 0 Å². The maximum Gasteiger partial charge on any atom is 0.138 e. The number of hydrogen-bond acceptors (Lipinski definition) is 0. The molecule has 0 atom stereocenters. The first-order valence-electron chi connectivity index (χ1n) is 6.66. The summed E-state index contributed by atoms with van der Waals surface area (Å²) in [6.07, 6.45) is 0.920. The molecular weight excluding hydrogens is 254 g/mol. The van der Waals surface area contributed by atoms with Crippen molar-refractivity contribution in [2.45, 2.75) is 13.3 Å². The quantitative estimate of drug-likeness (QED) is 0.588. The van der Waals surface area contributed by atoms with Crippen LogP contribution in [0.1, 0.15) is 12.5 Å². The molecule has 3 aromatic rings. The molecule has 0 unspecified atom stereocenters. The number of fused-ring (bicyclic) bond motifs is 1. The molecule has 0 bridgehead atoms. The highest BCUT2D eigenvalue weighted by Gasteiger charge is 2.10. The third-order valence-electron chi connectivity index (χ3n) is 3.56. The maximum atomic E-state index is 14.6. The van der Waals surface area contributed by atoms with Crippen molar-refractivity contribution in [3.63, 3.8) is 0 Å². The van der Waals surface area contributed by atoms with Crippen molar-refractivity contribution in [3.8, 4) is 11.1 Å². The molecular formula is C18H14F2. The second-order valence-electron chi connectivity index (χ2n) is 4.85. The fourth-order valence-corrected chi connectivity index (χ4v) is 2.44. The molecule has 0 nitrogen and oxygen atoms in total. The highest BCUT2D eigenvalue weighted by molar-refractivity contribution is 5.88. The van der Waals surface area contributed by atoms with Crippen molar-refractivity contribution in [2.24, 2.45) is 0 Å². The van der Waals surface area contributed by atoms with Crippen LogP contribution in [-0.4, -0.2) is 0 Å². The number of aryl methyl sites for hydroxylation is 1. The Morgan fingerprint density at radius 2 is 1.75 bits per heavy atom. The molecule has 0 fully saturated rings. The summed E-state index contributed by atoms with van der Waals surface area (Å²) in [5.41, 5.74) is 2.17. The SMILES string of the molecule is CCc1ccc2c(F)c(-c3cccc(F)c3)ccc2c1. The Balaban J connectivity index is 2.21. The van der Waals surface area contributed by atoms with Crippen LogP contribution >= 0.6 is 0 Å². The van der Waals surface area contributed by atoms with E-state index in [0.29, 0.717) is 16.5 Å². The van der Waals surface area contributed by atoms with Crippen LogP contribution in [0.15, 0.2) is 54.6 Å². The molecule has 3 aromatic carbocycles. The normalized spacial score (nSPS) is 10.9. The molecule has 0 spiro atoms. The molecule has 0 radical (unpaired) electrons. The van der Waals surface area contributed by atoms with Gasteiger partial charge in [0.05, 0.1) is 0 Å². The van der Waals surface area contributed by atoms with Gasteiger partial charge in [0.1, 0.15) is 11.6 Å². The summed E-state index contributed by atoms with van der Waals surface area (Å²) in [4.78, 5) is 0. The van der Waals surface area contributed by atoms with E-state index in [1.54, 1.807) is 24.3 Å². The Morgan fingerprint density at radius 3 is 2.50 bits per heavy atom. The van der Waals surface area contributed by atoms with Gasteiger partial charge < -0.3 is 0 Å². The van der Waals surface area contributed by atoms with Gasteiger partial charge in [-0.15, -0.1) is 0 Å². The highest BCUT2D eigenvalue weighted by Crippen LogP contribution is 2.29. The molecule has 0 saturated carbocycles. The molecule has 3 rings (SSSR count). The van der Waals surface area contributed by atoms with E-state index in [0.717, 1.165) is 11.8 Å². The van der Waals surface area contributed by atoms with Gasteiger partial charge in [-0.05, 0) is 35.1 Å². The third kappa shape index (κ3) is 2.18. The lowest BCUT2D eigenvalue weighted by atomic mass is 9.98. The minimum absolute atomic E-state index is 0.296. The lowest BCUT2D eigenvalue weighted by Gasteiger charge is -2.08. The first kappa shape index (κ1) is 12.8. The molecule has 20 heavy (non-hydrogen) atoms. The van der Waals surface area contributed by atoms with Crippen molar-refractivity contribution in [1.29, 1.82) is 0 Å². The molecule has 0 heterocycles. The summed E-state index contributed by atoms with van der Waals surface area (Å²) in [5, 5.41) is 1.45. The summed E-state index contributed by atoms with van der Waals surface area (Å²) in [5.74, 6) is -0.654. The summed E-state index contributed by atoms with van der Waals surface area (Å²) in [7, 11) is 0. The molecule has 0 aliphatic heterocycles. The lowest BCUT2D eigenvalue weighted by molar-refractivity contribution is 0.627. The van der Waals surface area contributed by atoms with Crippen LogP contribution in [0.25, 0.3) is 21.9 Å². The Kier molecular flexibility index (Phi) is 3.23. The minimum atomic E-state index is -0.358. The smallest absolute Gasteiger partial charge is 0.138 e. The lowest BCUT2D eigenvalue weighted by Crippen LogP contribution is -1.89. The predicted octanol–water partition coefficient (Wildman–Crippen LogP) is 5.35. The van der Waals surface area contributed by atoms with Gasteiger partial charge in [0, 0.05) is 10.9 Å². The zero-order valence-electron chi connectivity index (χ0n) is 11.2. The van der Waals surface area contributed by atoms with E-state index in [2.05, 4.69) is 6.92 Å². The highest BCUT2D eigenvalue weighted by atomic mass is 19.1. The Morgan fingerprint density at radius 1 is 0.900 bits per heavy atom. The van der Waals surface area contributed by atoms with Crippen LogP contribution in [0.4, 0.5) is 8.78 Å². The first-order chi connectivity index (χ1) is 9.69. The van der Waals surface area contributed by atoms with E-state index in [4.69, 9.17) is 0 Å². The molecule has 100 valence electrons. The van der Waals surface area contributed by atoms with Crippen molar-refractivity contribution in [3.05, 3.63) is 71.8 Å². The predicted molar refractivity (Wildman–Crippen MR) is 78.7 cm³/mol. The number of benzene rings is 3. The van der Waals surface area contributed by atoms with Crippen molar-refractivity contribution >= 4 is 10.8 Å². The fraction of sp³-hybridized carbons (Fsp3) is 0.111. The van der Waals surface area contributed by atoms with Crippen LogP contribution in [0.3, 0.4) is 0 Å². The molecule has 0 amide bonds. The summed E-state index contributed by atoms with van der Waals surface area (Å²) < 4.78 is 27.9. The minimum Gasteiger partial charge on any atom is -0.207 e. The van der Waals surface area contributed by atoms with Crippen molar-refractivity contribution in [2.75, 3.05) is 0 Å². The Labute approximate surface area is 116 Å². The molecule has 0 aromatic heterocycles. The second-order valence-corrected chi connectivity index (χ2v) is 4.85. The summed E-state index contributed by atoms with van der Waals surface area (Å²) in [6, 6.07) is 15.3. The first-order valence-corrected chi connectivity index (χ1v) is 6.66. The van der Waals surface area contributed by atoms with Gasteiger partial charge in [0.25, 0.3) is 0 Å². The van der Waals surface area contributed by atoms with Crippen molar-refractivity contribution < 1.29 is 8.78 Å². The Bertz CT molecular complexity index is 775. The van der Waals surface area contributed by atoms with E-state index < -0.39 is 0 Å². The standard InChI is InChI=1S/C18H14F2/c1-2-12-6-8-16-14(10-12)7-9-17(18(16)20)13-4-3-5-15(19)11-13/h3-11H,2H2,1H3. The van der Waals surface area contributed by atoms with E-state index in [9.17, 15) is 8.78 Å². The molecule has 0 aliphatic rings. The molecule has 2 heteroatoms. The van der Waals surface area contributed by atoms with Gasteiger partial charge in [-0.1, -0.05) is 49.4 Å². The van der Waals surface area contributed by atoms with Gasteiger partial charge in [0.15, 0.2) is 0 Å². The molecule has 0 aliphatic carbocycles. The van der Waals surface area contributed by atoms with Gasteiger partial charge in [-0.2, -0.15) is 0 Å². The monoisotopic (exact) mass is 268 g/mol. The van der Waals surface area contributed by atoms with Crippen LogP contribution in [0.2, 0.25) is 0 Å². The average molecular weight is 268 g/mol. The number of halogens is 2. The van der Waals surface area contributed by atoms with Gasteiger partial charge in [-0.25, -0.2) is 8.78 Å². The van der Waals surface area contributed by atoms with Crippen LogP contribution in [0.5, 0.6) is 0 Å².